The summed E-state index contributed by atoms with van der Waals surface area (Å²) >= 11 is 0. The van der Waals surface area contributed by atoms with Crippen LogP contribution in [-0.4, -0.2) is 30.4 Å². The predicted molar refractivity (Wildman–Crippen MR) is 62.9 cm³/mol. The van der Waals surface area contributed by atoms with Crippen molar-refractivity contribution in [3.8, 4) is 0 Å². The van der Waals surface area contributed by atoms with Gasteiger partial charge in [-0.05, 0) is 38.1 Å². The Morgan fingerprint density at radius 2 is 2.20 bits per heavy atom. The SMILES string of the molecule is CC1(C(=O)N2CCCC(CN)C2)CC1.Cl. The minimum absolute atomic E-state index is 0. The van der Waals surface area contributed by atoms with E-state index in [1.165, 1.54) is 6.42 Å². The number of nitrogens with zero attached hydrogens (tertiary/aromatic N) is 1. The maximum atomic E-state index is 12.0. The second-order valence-electron chi connectivity index (χ2n) is 5.06. The summed E-state index contributed by atoms with van der Waals surface area (Å²) in [5, 5.41) is 0. The summed E-state index contributed by atoms with van der Waals surface area (Å²) < 4.78 is 0. The second kappa shape index (κ2) is 4.71. The van der Waals surface area contributed by atoms with Crippen LogP contribution in [0.5, 0.6) is 0 Å². The number of hydrogen-bond donors (Lipinski definition) is 1. The van der Waals surface area contributed by atoms with E-state index in [9.17, 15) is 4.79 Å². The highest BCUT2D eigenvalue weighted by atomic mass is 35.5. The Balaban J connectivity index is 0.00000112. The van der Waals surface area contributed by atoms with Gasteiger partial charge in [0.05, 0.1) is 0 Å². The molecule has 2 aliphatic rings. The van der Waals surface area contributed by atoms with Crippen LogP contribution in [0.2, 0.25) is 0 Å². The molecule has 1 heterocycles. The van der Waals surface area contributed by atoms with Gasteiger partial charge in [0.2, 0.25) is 5.91 Å². The largest absolute Gasteiger partial charge is 0.342 e. The van der Waals surface area contributed by atoms with E-state index in [1.807, 2.05) is 4.90 Å². The first-order valence-corrected chi connectivity index (χ1v) is 5.65. The molecule has 2 rings (SSSR count). The minimum atomic E-state index is -0.00348. The molecule has 15 heavy (non-hydrogen) atoms. The number of amides is 1. The quantitative estimate of drug-likeness (QED) is 0.783. The number of carbonyl (C=O) groups is 1. The predicted octanol–water partition coefficient (Wildman–Crippen LogP) is 1.41. The topological polar surface area (TPSA) is 46.3 Å². The summed E-state index contributed by atoms with van der Waals surface area (Å²) in [5.41, 5.74) is 5.65. The first-order chi connectivity index (χ1) is 6.65. The van der Waals surface area contributed by atoms with Crippen molar-refractivity contribution >= 4 is 18.3 Å². The monoisotopic (exact) mass is 232 g/mol. The summed E-state index contributed by atoms with van der Waals surface area (Å²) in [5.74, 6) is 0.908. The lowest BCUT2D eigenvalue weighted by molar-refractivity contribution is -0.138. The molecule has 1 aliphatic carbocycles. The van der Waals surface area contributed by atoms with E-state index in [1.54, 1.807) is 0 Å². The standard InChI is InChI=1S/C11H20N2O.ClH/c1-11(4-5-11)10(14)13-6-2-3-9(7-12)8-13;/h9H,2-8,12H2,1H3;1H. The highest BCUT2D eigenvalue weighted by Gasteiger charge is 2.47. The molecule has 0 aromatic rings. The fraction of sp³-hybridized carbons (Fsp3) is 0.909. The van der Waals surface area contributed by atoms with E-state index in [0.717, 1.165) is 38.9 Å². The Kier molecular flexibility index (Phi) is 4.01. The lowest BCUT2D eigenvalue weighted by Gasteiger charge is -2.34. The van der Waals surface area contributed by atoms with Gasteiger partial charge in [0, 0.05) is 18.5 Å². The van der Waals surface area contributed by atoms with Crippen LogP contribution in [0.15, 0.2) is 0 Å². The molecule has 1 saturated heterocycles. The van der Waals surface area contributed by atoms with E-state index in [2.05, 4.69) is 6.92 Å². The molecule has 1 aliphatic heterocycles. The van der Waals surface area contributed by atoms with Crippen LogP contribution in [-0.2, 0) is 4.79 Å². The fourth-order valence-electron chi connectivity index (χ4n) is 2.22. The van der Waals surface area contributed by atoms with Gasteiger partial charge in [-0.15, -0.1) is 12.4 Å². The van der Waals surface area contributed by atoms with Crippen LogP contribution in [0.4, 0.5) is 0 Å². The third kappa shape index (κ3) is 2.64. The molecule has 1 amide bonds. The van der Waals surface area contributed by atoms with E-state index >= 15 is 0 Å². The van der Waals surface area contributed by atoms with Gasteiger partial charge in [-0.3, -0.25) is 4.79 Å². The van der Waals surface area contributed by atoms with Gasteiger partial charge in [-0.25, -0.2) is 0 Å². The molecule has 1 saturated carbocycles. The third-order valence-corrected chi connectivity index (χ3v) is 3.66. The zero-order chi connectivity index (χ0) is 10.2. The number of rotatable bonds is 2. The van der Waals surface area contributed by atoms with Crippen molar-refractivity contribution in [3.05, 3.63) is 0 Å². The van der Waals surface area contributed by atoms with Crippen LogP contribution in [0.3, 0.4) is 0 Å². The maximum absolute atomic E-state index is 12.0. The number of nitrogens with two attached hydrogens (primary N) is 1. The molecule has 0 aromatic heterocycles. The molecule has 1 unspecified atom stereocenters. The zero-order valence-electron chi connectivity index (χ0n) is 9.37. The van der Waals surface area contributed by atoms with Crippen LogP contribution in [0.1, 0.15) is 32.6 Å². The number of likely N-dealkylation sites (tertiary alicyclic amines) is 1. The molecule has 0 radical (unpaired) electrons. The molecule has 88 valence electrons. The molecule has 2 fully saturated rings. The first-order valence-electron chi connectivity index (χ1n) is 5.65. The summed E-state index contributed by atoms with van der Waals surface area (Å²) in [6, 6.07) is 0. The molecule has 1 atom stereocenters. The number of halogens is 1. The summed E-state index contributed by atoms with van der Waals surface area (Å²) in [4.78, 5) is 14.1. The third-order valence-electron chi connectivity index (χ3n) is 3.66. The molecule has 4 heteroatoms. The van der Waals surface area contributed by atoms with E-state index in [4.69, 9.17) is 5.73 Å². The number of hydrogen-bond acceptors (Lipinski definition) is 2. The Morgan fingerprint density at radius 1 is 1.53 bits per heavy atom. The van der Waals surface area contributed by atoms with Crippen LogP contribution < -0.4 is 5.73 Å². The van der Waals surface area contributed by atoms with Crippen molar-refractivity contribution in [2.75, 3.05) is 19.6 Å². The lowest BCUT2D eigenvalue weighted by Crippen LogP contribution is -2.44. The van der Waals surface area contributed by atoms with Crippen molar-refractivity contribution in [1.82, 2.24) is 4.90 Å². The molecular formula is C11H21ClN2O. The normalized spacial score (nSPS) is 28.1. The van der Waals surface area contributed by atoms with Gasteiger partial charge < -0.3 is 10.6 Å². The van der Waals surface area contributed by atoms with Crippen LogP contribution in [0.25, 0.3) is 0 Å². The average molecular weight is 233 g/mol. The maximum Gasteiger partial charge on any atom is 0.228 e. The van der Waals surface area contributed by atoms with Gasteiger partial charge in [0.15, 0.2) is 0 Å². The van der Waals surface area contributed by atoms with E-state index < -0.39 is 0 Å². The lowest BCUT2D eigenvalue weighted by atomic mass is 9.96. The summed E-state index contributed by atoms with van der Waals surface area (Å²) in [6.45, 7) is 4.65. The van der Waals surface area contributed by atoms with Crippen molar-refractivity contribution < 1.29 is 4.79 Å². The summed E-state index contributed by atoms with van der Waals surface area (Å²) in [6.07, 6.45) is 4.48. The molecular weight excluding hydrogens is 212 g/mol. The van der Waals surface area contributed by atoms with Crippen LogP contribution in [0, 0.1) is 11.3 Å². The van der Waals surface area contributed by atoms with Crippen molar-refractivity contribution in [2.24, 2.45) is 17.1 Å². The van der Waals surface area contributed by atoms with E-state index in [-0.39, 0.29) is 17.8 Å². The number of carbonyl (C=O) groups excluding carboxylic acids is 1. The molecule has 3 nitrogen and oxygen atoms in total. The Bertz CT molecular complexity index is 241. The van der Waals surface area contributed by atoms with Crippen molar-refractivity contribution in [1.29, 1.82) is 0 Å². The Morgan fingerprint density at radius 3 is 2.73 bits per heavy atom. The smallest absolute Gasteiger partial charge is 0.228 e. The molecule has 0 aromatic carbocycles. The molecule has 0 bridgehead atoms. The molecule has 0 spiro atoms. The Labute approximate surface area is 97.8 Å². The van der Waals surface area contributed by atoms with Crippen molar-refractivity contribution in [2.45, 2.75) is 32.6 Å². The highest BCUT2D eigenvalue weighted by Crippen LogP contribution is 2.46. The minimum Gasteiger partial charge on any atom is -0.342 e. The zero-order valence-corrected chi connectivity index (χ0v) is 10.2. The summed E-state index contributed by atoms with van der Waals surface area (Å²) in [7, 11) is 0. The highest BCUT2D eigenvalue weighted by molar-refractivity contribution is 5.85. The van der Waals surface area contributed by atoms with Crippen LogP contribution >= 0.6 is 12.4 Å². The number of piperidine rings is 1. The van der Waals surface area contributed by atoms with Gasteiger partial charge >= 0.3 is 0 Å². The van der Waals surface area contributed by atoms with E-state index in [0.29, 0.717) is 11.8 Å². The van der Waals surface area contributed by atoms with Gasteiger partial charge in [0.1, 0.15) is 0 Å². The van der Waals surface area contributed by atoms with Gasteiger partial charge in [-0.2, -0.15) is 0 Å². The average Bonchev–Trinajstić information content (AvgIpc) is 2.97. The van der Waals surface area contributed by atoms with Gasteiger partial charge in [0.25, 0.3) is 0 Å². The fourth-order valence-corrected chi connectivity index (χ4v) is 2.22. The van der Waals surface area contributed by atoms with Gasteiger partial charge in [-0.1, -0.05) is 6.92 Å². The second-order valence-corrected chi connectivity index (χ2v) is 5.06. The van der Waals surface area contributed by atoms with Crippen molar-refractivity contribution in [3.63, 3.8) is 0 Å². The Hall–Kier alpha value is -0.280. The first kappa shape index (κ1) is 12.8. The molecule has 2 N–H and O–H groups in total.